The Kier molecular flexibility index (Phi) is 5.00. The molecule has 4 aromatic rings. The molecule has 0 spiro atoms. The van der Waals surface area contributed by atoms with Gasteiger partial charge in [-0.2, -0.15) is 0 Å². The van der Waals surface area contributed by atoms with Crippen molar-refractivity contribution < 1.29 is 14.9 Å². The standard InChI is InChI=1S/C26H27NO3S/c1-15-8-9-21(30-14-17-11-26(3,29)12-17)23-18(13-28)10-20(27-24(15)23)25-16(2)19-6-4-5-7-22(19)31-25/h4-10,17,28-29H,11-14H2,1-3H3. The molecule has 1 aliphatic carbocycles. The van der Waals surface area contributed by atoms with Crippen LogP contribution in [-0.2, 0) is 6.61 Å². The maximum atomic E-state index is 10.2. The van der Waals surface area contributed by atoms with Crippen molar-refractivity contribution in [1.82, 2.24) is 4.98 Å². The number of fused-ring (bicyclic) bond motifs is 2. The topological polar surface area (TPSA) is 62.6 Å². The lowest BCUT2D eigenvalue weighted by Crippen LogP contribution is -2.43. The lowest BCUT2D eigenvalue weighted by Gasteiger charge is -2.40. The van der Waals surface area contributed by atoms with Crippen molar-refractivity contribution in [3.8, 4) is 16.3 Å². The van der Waals surface area contributed by atoms with Gasteiger partial charge in [0, 0.05) is 10.1 Å². The molecular weight excluding hydrogens is 406 g/mol. The van der Waals surface area contributed by atoms with E-state index in [0.717, 1.165) is 51.2 Å². The van der Waals surface area contributed by atoms with Gasteiger partial charge in [0.1, 0.15) is 5.75 Å². The first-order chi connectivity index (χ1) is 14.9. The summed E-state index contributed by atoms with van der Waals surface area (Å²) in [6.07, 6.45) is 1.52. The molecule has 0 aliphatic heterocycles. The first-order valence-corrected chi connectivity index (χ1v) is 11.6. The minimum Gasteiger partial charge on any atom is -0.493 e. The summed E-state index contributed by atoms with van der Waals surface area (Å²) in [6.45, 7) is 6.55. The molecule has 31 heavy (non-hydrogen) atoms. The van der Waals surface area contributed by atoms with Crippen molar-refractivity contribution in [1.29, 1.82) is 0 Å². The molecule has 2 aromatic heterocycles. The van der Waals surface area contributed by atoms with Crippen LogP contribution in [0.3, 0.4) is 0 Å². The Bertz CT molecular complexity index is 1280. The van der Waals surface area contributed by atoms with E-state index in [0.29, 0.717) is 12.5 Å². The molecule has 2 aromatic carbocycles. The van der Waals surface area contributed by atoms with E-state index in [1.54, 1.807) is 11.3 Å². The Morgan fingerprint density at radius 2 is 1.94 bits per heavy atom. The van der Waals surface area contributed by atoms with Gasteiger partial charge in [-0.05, 0) is 79.8 Å². The van der Waals surface area contributed by atoms with Crippen molar-refractivity contribution in [2.75, 3.05) is 6.61 Å². The van der Waals surface area contributed by atoms with Crippen LogP contribution in [0.2, 0.25) is 0 Å². The highest BCUT2D eigenvalue weighted by atomic mass is 32.1. The van der Waals surface area contributed by atoms with Gasteiger partial charge in [0.15, 0.2) is 0 Å². The van der Waals surface area contributed by atoms with Gasteiger partial charge in [0.2, 0.25) is 0 Å². The molecule has 0 bridgehead atoms. The molecule has 5 rings (SSSR count). The van der Waals surface area contributed by atoms with Gasteiger partial charge in [0.25, 0.3) is 0 Å². The van der Waals surface area contributed by atoms with Crippen molar-refractivity contribution in [3.63, 3.8) is 0 Å². The highest BCUT2D eigenvalue weighted by Gasteiger charge is 2.38. The molecule has 4 nitrogen and oxygen atoms in total. The maximum Gasteiger partial charge on any atom is 0.129 e. The lowest BCUT2D eigenvalue weighted by molar-refractivity contribution is -0.0689. The van der Waals surface area contributed by atoms with E-state index in [2.05, 4.69) is 31.2 Å². The van der Waals surface area contributed by atoms with Crippen LogP contribution in [-0.4, -0.2) is 27.4 Å². The second-order valence-corrected chi connectivity index (χ2v) is 10.1. The minimum atomic E-state index is -0.557. The summed E-state index contributed by atoms with van der Waals surface area (Å²) in [5.74, 6) is 1.11. The molecule has 2 heterocycles. The smallest absolute Gasteiger partial charge is 0.129 e. The second-order valence-electron chi connectivity index (χ2n) is 9.06. The molecule has 160 valence electrons. The van der Waals surface area contributed by atoms with Gasteiger partial charge in [-0.15, -0.1) is 11.3 Å². The van der Waals surface area contributed by atoms with Gasteiger partial charge in [0.05, 0.1) is 34.9 Å². The normalized spacial score (nSPS) is 20.9. The number of pyridine rings is 1. The molecule has 0 saturated heterocycles. The first kappa shape index (κ1) is 20.4. The largest absolute Gasteiger partial charge is 0.493 e. The molecule has 2 N–H and O–H groups in total. The van der Waals surface area contributed by atoms with E-state index in [1.165, 1.54) is 15.6 Å². The van der Waals surface area contributed by atoms with E-state index in [4.69, 9.17) is 9.72 Å². The Morgan fingerprint density at radius 1 is 1.16 bits per heavy atom. The molecule has 5 heteroatoms. The summed E-state index contributed by atoms with van der Waals surface area (Å²) < 4.78 is 7.41. The average molecular weight is 434 g/mol. The van der Waals surface area contributed by atoms with Crippen LogP contribution in [0.25, 0.3) is 31.6 Å². The number of nitrogens with zero attached hydrogens (tertiary/aromatic N) is 1. The van der Waals surface area contributed by atoms with Gasteiger partial charge in [-0.3, -0.25) is 0 Å². The number of aryl methyl sites for hydroxylation is 2. The zero-order chi connectivity index (χ0) is 21.8. The summed E-state index contributed by atoms with van der Waals surface area (Å²) in [5.41, 5.74) is 4.32. The summed E-state index contributed by atoms with van der Waals surface area (Å²) in [4.78, 5) is 6.17. The van der Waals surface area contributed by atoms with Crippen molar-refractivity contribution in [3.05, 3.63) is 59.2 Å². The molecular formula is C26H27NO3S. The first-order valence-electron chi connectivity index (χ1n) is 10.7. The predicted octanol–water partition coefficient (Wildman–Crippen LogP) is 5.77. The molecule has 0 atom stereocenters. The van der Waals surface area contributed by atoms with E-state index < -0.39 is 5.60 Å². The van der Waals surface area contributed by atoms with Crippen LogP contribution in [0.1, 0.15) is 36.5 Å². The van der Waals surface area contributed by atoms with Gasteiger partial charge >= 0.3 is 0 Å². The van der Waals surface area contributed by atoms with Crippen LogP contribution in [0, 0.1) is 19.8 Å². The van der Waals surface area contributed by atoms with E-state index in [1.807, 2.05) is 32.0 Å². The maximum absolute atomic E-state index is 10.2. The highest BCUT2D eigenvalue weighted by molar-refractivity contribution is 7.22. The SMILES string of the molecule is Cc1c(-c2cc(CO)c3c(OCC4CC(C)(O)C4)ccc(C)c3n2)sc2ccccc12. The third-order valence-corrected chi connectivity index (χ3v) is 7.68. The monoisotopic (exact) mass is 433 g/mol. The van der Waals surface area contributed by atoms with Gasteiger partial charge in [-0.25, -0.2) is 4.98 Å². The number of hydrogen-bond donors (Lipinski definition) is 2. The molecule has 0 unspecified atom stereocenters. The number of aliphatic hydroxyl groups excluding tert-OH is 1. The Labute approximate surface area is 186 Å². The second kappa shape index (κ2) is 7.59. The van der Waals surface area contributed by atoms with Crippen molar-refractivity contribution in [2.24, 2.45) is 5.92 Å². The number of thiophene rings is 1. The molecule has 0 radical (unpaired) electrons. The summed E-state index contributed by atoms with van der Waals surface area (Å²) in [6, 6.07) is 14.4. The number of aliphatic hydroxyl groups is 2. The molecule has 1 fully saturated rings. The summed E-state index contributed by atoms with van der Waals surface area (Å²) >= 11 is 1.74. The van der Waals surface area contributed by atoms with Crippen LogP contribution >= 0.6 is 11.3 Å². The highest BCUT2D eigenvalue weighted by Crippen LogP contribution is 2.41. The lowest BCUT2D eigenvalue weighted by atomic mass is 9.73. The zero-order valence-corrected chi connectivity index (χ0v) is 18.9. The van der Waals surface area contributed by atoms with E-state index in [-0.39, 0.29) is 6.61 Å². The number of aromatic nitrogens is 1. The van der Waals surface area contributed by atoms with E-state index in [9.17, 15) is 10.2 Å². The fourth-order valence-corrected chi connectivity index (χ4v) is 5.98. The third-order valence-electron chi connectivity index (χ3n) is 6.38. The quantitative estimate of drug-likeness (QED) is 0.420. The fourth-order valence-electron chi connectivity index (χ4n) is 4.81. The minimum absolute atomic E-state index is 0.0755. The Morgan fingerprint density at radius 3 is 2.65 bits per heavy atom. The molecule has 0 amide bonds. The van der Waals surface area contributed by atoms with Crippen molar-refractivity contribution in [2.45, 2.75) is 45.8 Å². The van der Waals surface area contributed by atoms with Crippen LogP contribution in [0.4, 0.5) is 0 Å². The number of rotatable bonds is 5. The number of ether oxygens (including phenoxy) is 1. The average Bonchev–Trinajstić information content (AvgIpc) is 3.08. The Balaban J connectivity index is 1.58. The van der Waals surface area contributed by atoms with Crippen molar-refractivity contribution >= 4 is 32.3 Å². The summed E-state index contributed by atoms with van der Waals surface area (Å²) in [5, 5.41) is 22.3. The molecule has 1 aliphatic rings. The predicted molar refractivity (Wildman–Crippen MR) is 127 cm³/mol. The number of hydrogen-bond acceptors (Lipinski definition) is 5. The van der Waals surface area contributed by atoms with Crippen LogP contribution < -0.4 is 4.74 Å². The third kappa shape index (κ3) is 3.61. The molecule has 1 saturated carbocycles. The van der Waals surface area contributed by atoms with Crippen LogP contribution in [0.5, 0.6) is 5.75 Å². The van der Waals surface area contributed by atoms with Gasteiger partial charge in [-0.1, -0.05) is 24.3 Å². The number of benzene rings is 2. The van der Waals surface area contributed by atoms with Gasteiger partial charge < -0.3 is 14.9 Å². The Hall–Kier alpha value is -2.47. The fraction of sp³-hybridized carbons (Fsp3) is 0.346. The zero-order valence-electron chi connectivity index (χ0n) is 18.1. The van der Waals surface area contributed by atoms with E-state index >= 15 is 0 Å². The summed E-state index contributed by atoms with van der Waals surface area (Å²) in [7, 11) is 0. The van der Waals surface area contributed by atoms with Crippen LogP contribution in [0.15, 0.2) is 42.5 Å².